The van der Waals surface area contributed by atoms with Crippen LogP contribution in [0.2, 0.25) is 0 Å². The predicted molar refractivity (Wildman–Crippen MR) is 109 cm³/mol. The molecule has 0 aliphatic rings. The van der Waals surface area contributed by atoms with E-state index in [4.69, 9.17) is 17.3 Å². The highest BCUT2D eigenvalue weighted by Gasteiger charge is 2.21. The number of hydrogen-bond acceptors (Lipinski definition) is 8. The summed E-state index contributed by atoms with van der Waals surface area (Å²) in [7, 11) is 0. The summed E-state index contributed by atoms with van der Waals surface area (Å²) >= 11 is 5.03. The van der Waals surface area contributed by atoms with Gasteiger partial charge in [0.1, 0.15) is 0 Å². The molecule has 0 saturated carbocycles. The number of para-hydroxylation sites is 1. The fraction of sp³-hybridized carbons (Fsp3) is 0.118. The lowest BCUT2D eigenvalue weighted by Crippen LogP contribution is -2.35. The van der Waals surface area contributed by atoms with E-state index in [2.05, 4.69) is 16.0 Å². The van der Waals surface area contributed by atoms with Crippen molar-refractivity contribution >= 4 is 46.2 Å². The Morgan fingerprint density at radius 3 is 2.17 bits per heavy atom. The van der Waals surface area contributed by atoms with E-state index in [1.54, 1.807) is 12.1 Å². The molecular formula is C17H15N5O7S. The van der Waals surface area contributed by atoms with E-state index in [1.165, 1.54) is 12.1 Å². The lowest BCUT2D eigenvalue weighted by atomic mass is 10.1. The minimum atomic E-state index is -0.915. The number of nitrogens with zero attached hydrogens (tertiary/aromatic N) is 2. The third kappa shape index (κ3) is 5.76. The average molecular weight is 433 g/mol. The molecule has 0 aliphatic carbocycles. The molecule has 2 rings (SSSR count). The van der Waals surface area contributed by atoms with Crippen molar-refractivity contribution in [3.05, 3.63) is 73.8 Å². The molecule has 0 fully saturated rings. The van der Waals surface area contributed by atoms with Gasteiger partial charge in [-0.2, -0.15) is 0 Å². The van der Waals surface area contributed by atoms with Gasteiger partial charge in [0.25, 0.3) is 23.2 Å². The van der Waals surface area contributed by atoms with Gasteiger partial charge in [-0.05, 0) is 24.4 Å². The Balaban J connectivity index is 2.18. The molecule has 2 aromatic rings. The fourth-order valence-corrected chi connectivity index (χ4v) is 2.52. The fourth-order valence-electron chi connectivity index (χ4n) is 2.32. The van der Waals surface area contributed by atoms with E-state index in [1.807, 2.05) is 0 Å². The van der Waals surface area contributed by atoms with E-state index in [0.29, 0.717) is 0 Å². The third-order valence-electron chi connectivity index (χ3n) is 3.63. The summed E-state index contributed by atoms with van der Waals surface area (Å²) < 4.78 is 0. The zero-order chi connectivity index (χ0) is 22.3. The topological polar surface area (TPSA) is 177 Å². The minimum Gasteiger partial charge on any atom is -0.395 e. The Hall–Kier alpha value is -3.97. The molecule has 12 nitrogen and oxygen atoms in total. The summed E-state index contributed by atoms with van der Waals surface area (Å²) in [4.78, 5) is 44.7. The van der Waals surface area contributed by atoms with Crippen molar-refractivity contribution < 1.29 is 24.5 Å². The van der Waals surface area contributed by atoms with E-state index >= 15 is 0 Å². The van der Waals surface area contributed by atoms with E-state index < -0.39 is 33.0 Å². The van der Waals surface area contributed by atoms with Crippen LogP contribution in [0.4, 0.5) is 17.1 Å². The van der Waals surface area contributed by atoms with Crippen LogP contribution in [-0.2, 0) is 0 Å². The molecule has 2 amide bonds. The van der Waals surface area contributed by atoms with Crippen molar-refractivity contribution in [2.75, 3.05) is 18.5 Å². The summed E-state index contributed by atoms with van der Waals surface area (Å²) in [5, 5.41) is 37.8. The number of aliphatic hydroxyl groups is 1. The van der Waals surface area contributed by atoms with Gasteiger partial charge < -0.3 is 15.7 Å². The SMILES string of the molecule is O=C(NC(=S)Nc1ccccc1C(=O)NCCO)c1cc([N+](=O)[O-])cc([N+](=O)[O-])c1. The first-order chi connectivity index (χ1) is 14.2. The van der Waals surface area contributed by atoms with Crippen molar-refractivity contribution in [2.45, 2.75) is 0 Å². The molecule has 4 N–H and O–H groups in total. The molecule has 0 radical (unpaired) electrons. The zero-order valence-electron chi connectivity index (χ0n) is 15.2. The van der Waals surface area contributed by atoms with Crippen LogP contribution in [0, 0.1) is 20.2 Å². The van der Waals surface area contributed by atoms with Crippen LogP contribution in [0.1, 0.15) is 20.7 Å². The first kappa shape index (κ1) is 22.3. The second-order valence-electron chi connectivity index (χ2n) is 5.69. The Bertz CT molecular complexity index is 995. The highest BCUT2D eigenvalue weighted by atomic mass is 32.1. The predicted octanol–water partition coefficient (Wildman–Crippen LogP) is 1.35. The Morgan fingerprint density at radius 1 is 1.00 bits per heavy atom. The maximum Gasteiger partial charge on any atom is 0.277 e. The van der Waals surface area contributed by atoms with Crippen molar-refractivity contribution in [1.82, 2.24) is 10.6 Å². The van der Waals surface area contributed by atoms with Gasteiger partial charge in [-0.25, -0.2) is 0 Å². The Kier molecular flexibility index (Phi) is 7.44. The zero-order valence-corrected chi connectivity index (χ0v) is 16.0. The number of benzene rings is 2. The number of anilines is 1. The number of nitro benzene ring substituents is 2. The average Bonchev–Trinajstić information content (AvgIpc) is 2.71. The van der Waals surface area contributed by atoms with Crippen LogP contribution in [0.3, 0.4) is 0 Å². The number of thiocarbonyl (C=S) groups is 1. The van der Waals surface area contributed by atoms with Gasteiger partial charge in [0.2, 0.25) is 0 Å². The number of nitrogens with one attached hydrogen (secondary N) is 3. The first-order valence-electron chi connectivity index (χ1n) is 8.27. The molecule has 0 unspecified atom stereocenters. The summed E-state index contributed by atoms with van der Waals surface area (Å²) in [6.45, 7) is -0.203. The number of aliphatic hydroxyl groups excluding tert-OH is 1. The van der Waals surface area contributed by atoms with E-state index in [-0.39, 0.29) is 35.1 Å². The molecule has 0 heterocycles. The second-order valence-corrected chi connectivity index (χ2v) is 6.09. The third-order valence-corrected chi connectivity index (χ3v) is 3.83. The standard InChI is InChI=1S/C17H15N5O7S/c23-6-5-18-16(25)13-3-1-2-4-14(13)19-17(30)20-15(24)10-7-11(21(26)27)9-12(8-10)22(28)29/h1-4,7-9,23H,5-6H2,(H,18,25)(H2,19,20,24,30). The summed E-state index contributed by atoms with van der Waals surface area (Å²) in [6, 6.07) is 8.70. The van der Waals surface area contributed by atoms with Crippen LogP contribution in [-0.4, -0.2) is 45.0 Å². The maximum absolute atomic E-state index is 12.4. The van der Waals surface area contributed by atoms with Gasteiger partial charge in [-0.15, -0.1) is 0 Å². The molecule has 13 heteroatoms. The number of hydrogen-bond donors (Lipinski definition) is 4. The van der Waals surface area contributed by atoms with Crippen molar-refractivity contribution in [3.63, 3.8) is 0 Å². The van der Waals surface area contributed by atoms with Crippen molar-refractivity contribution in [2.24, 2.45) is 0 Å². The first-order valence-corrected chi connectivity index (χ1v) is 8.68. The van der Waals surface area contributed by atoms with E-state index in [0.717, 1.165) is 18.2 Å². The quantitative estimate of drug-likeness (QED) is 0.285. The summed E-state index contributed by atoms with van der Waals surface area (Å²) in [5.41, 5.74) is -1.15. The molecule has 0 aliphatic heterocycles. The molecule has 0 atom stereocenters. The number of nitro groups is 2. The van der Waals surface area contributed by atoms with Crippen LogP contribution >= 0.6 is 12.2 Å². The van der Waals surface area contributed by atoms with Crippen molar-refractivity contribution in [3.8, 4) is 0 Å². The Labute approximate surface area is 174 Å². The van der Waals surface area contributed by atoms with Crippen molar-refractivity contribution in [1.29, 1.82) is 0 Å². The van der Waals surface area contributed by atoms with Gasteiger partial charge in [0.05, 0.1) is 39.3 Å². The maximum atomic E-state index is 12.4. The molecule has 156 valence electrons. The molecule has 0 bridgehead atoms. The Morgan fingerprint density at radius 2 is 1.60 bits per heavy atom. The molecule has 30 heavy (non-hydrogen) atoms. The molecule has 0 aromatic heterocycles. The van der Waals surface area contributed by atoms with Crippen LogP contribution in [0.15, 0.2) is 42.5 Å². The van der Waals surface area contributed by atoms with Gasteiger partial charge in [0, 0.05) is 18.7 Å². The van der Waals surface area contributed by atoms with Crippen LogP contribution < -0.4 is 16.0 Å². The normalized spacial score (nSPS) is 10.0. The second kappa shape index (κ2) is 9.99. The number of rotatable bonds is 7. The highest BCUT2D eigenvalue weighted by Crippen LogP contribution is 2.22. The van der Waals surface area contributed by atoms with Crippen LogP contribution in [0.5, 0.6) is 0 Å². The van der Waals surface area contributed by atoms with Gasteiger partial charge in [-0.3, -0.25) is 35.1 Å². The van der Waals surface area contributed by atoms with Crippen LogP contribution in [0.25, 0.3) is 0 Å². The lowest BCUT2D eigenvalue weighted by molar-refractivity contribution is -0.394. The number of carbonyl (C=O) groups excluding carboxylic acids is 2. The molecule has 0 saturated heterocycles. The molecule has 0 spiro atoms. The lowest BCUT2D eigenvalue weighted by Gasteiger charge is -2.13. The largest absolute Gasteiger partial charge is 0.395 e. The smallest absolute Gasteiger partial charge is 0.277 e. The number of carbonyl (C=O) groups is 2. The summed E-state index contributed by atoms with van der Waals surface area (Å²) in [5.74, 6) is -1.41. The van der Waals surface area contributed by atoms with Gasteiger partial charge >= 0.3 is 0 Å². The van der Waals surface area contributed by atoms with Gasteiger partial charge in [0.15, 0.2) is 5.11 Å². The molecular weight excluding hydrogens is 418 g/mol. The van der Waals surface area contributed by atoms with E-state index in [9.17, 15) is 29.8 Å². The monoisotopic (exact) mass is 433 g/mol. The summed E-state index contributed by atoms with van der Waals surface area (Å²) in [6.07, 6.45) is 0. The molecule has 2 aromatic carbocycles. The van der Waals surface area contributed by atoms with Gasteiger partial charge in [-0.1, -0.05) is 12.1 Å². The minimum absolute atomic E-state index is 0.0416. The highest BCUT2D eigenvalue weighted by molar-refractivity contribution is 7.80. The number of non-ortho nitro benzene ring substituents is 2. The number of amides is 2.